The number of aliphatic carboxylic acids is 1. The smallest absolute Gasteiger partial charge is 0.338 e. The first kappa shape index (κ1) is 32.6. The average molecular weight is 648 g/mol. The van der Waals surface area contributed by atoms with Gasteiger partial charge in [-0.05, 0) is 36.4 Å². The molecule has 0 aromatic heterocycles. The number of benzene rings is 3. The Hall–Kier alpha value is -6.30. The minimum absolute atomic E-state index is 0.621. The number of rotatable bonds is 7. The first-order valence-electron chi connectivity index (χ1n) is 12.8. The summed E-state index contributed by atoms with van der Waals surface area (Å²) < 4.78 is 15.9. The molecule has 0 bridgehead atoms. The van der Waals surface area contributed by atoms with E-state index < -0.39 is 129 Å². The Bertz CT molecular complexity index is 1600. The van der Waals surface area contributed by atoms with Gasteiger partial charge < -0.3 is 70.4 Å². The number of phenols is 9. The lowest BCUT2D eigenvalue weighted by molar-refractivity contribution is -0.188. The molecule has 1 aliphatic carbocycles. The molecule has 2 atom stereocenters. The monoisotopic (exact) mass is 648 g/mol. The summed E-state index contributed by atoms with van der Waals surface area (Å²) >= 11 is 0. The molecule has 11 N–H and O–H groups in total. The molecule has 0 amide bonds. The molecule has 3 aromatic carbocycles. The van der Waals surface area contributed by atoms with Gasteiger partial charge in [0.25, 0.3) is 0 Å². The molecule has 0 spiro atoms. The second-order valence-corrected chi connectivity index (χ2v) is 10.1. The number of aliphatic hydroxyl groups is 1. The van der Waals surface area contributed by atoms with Crippen molar-refractivity contribution in [2.24, 2.45) is 0 Å². The first-order chi connectivity index (χ1) is 21.4. The van der Waals surface area contributed by atoms with Crippen molar-refractivity contribution < 1.29 is 89.6 Å². The third kappa shape index (κ3) is 6.31. The van der Waals surface area contributed by atoms with Gasteiger partial charge in [0.2, 0.25) is 0 Å². The van der Waals surface area contributed by atoms with Gasteiger partial charge in [-0.1, -0.05) is 0 Å². The zero-order valence-corrected chi connectivity index (χ0v) is 22.9. The molecule has 3 aromatic rings. The van der Waals surface area contributed by atoms with Gasteiger partial charge in [0.05, 0.1) is 16.7 Å². The second-order valence-electron chi connectivity index (χ2n) is 10.1. The number of carbonyl (C=O) groups is 4. The lowest BCUT2D eigenvalue weighted by atomic mass is 9.79. The topological polar surface area (TPSA) is 318 Å². The molecular weight excluding hydrogens is 624 g/mol. The van der Waals surface area contributed by atoms with Gasteiger partial charge in [0, 0.05) is 12.8 Å². The van der Waals surface area contributed by atoms with Gasteiger partial charge in [0.1, 0.15) is 12.2 Å². The van der Waals surface area contributed by atoms with Crippen molar-refractivity contribution in [1.29, 1.82) is 0 Å². The molecule has 18 nitrogen and oxygen atoms in total. The van der Waals surface area contributed by atoms with Gasteiger partial charge in [-0.3, -0.25) is 0 Å². The van der Waals surface area contributed by atoms with E-state index in [9.17, 15) is 75.3 Å². The van der Waals surface area contributed by atoms with Crippen molar-refractivity contribution in [1.82, 2.24) is 0 Å². The number of hydrogen-bond acceptors (Lipinski definition) is 17. The van der Waals surface area contributed by atoms with Crippen LogP contribution in [0.25, 0.3) is 0 Å². The van der Waals surface area contributed by atoms with Crippen LogP contribution < -0.4 is 0 Å². The van der Waals surface area contributed by atoms with Crippen LogP contribution >= 0.6 is 0 Å². The number of phenolic OH excluding ortho intramolecular Hbond substituents is 9. The van der Waals surface area contributed by atoms with Crippen LogP contribution in [0.2, 0.25) is 0 Å². The average Bonchev–Trinajstić information content (AvgIpc) is 2.97. The normalized spacial score (nSPS) is 20.8. The molecule has 0 saturated heterocycles. The molecule has 244 valence electrons. The minimum Gasteiger partial charge on any atom is -0.504 e. The first-order valence-corrected chi connectivity index (χ1v) is 12.8. The SMILES string of the molecule is O=C(OC1[C@H](OC(=O)c2cc(O)c(O)c(O)c2)CC(O)(C(=O)O)C[C@H]1OC(=O)c1cc(O)c(O)c(O)c1)c1cc(O)c(O)c(O)c1. The van der Waals surface area contributed by atoms with Crippen LogP contribution in [0.4, 0.5) is 0 Å². The Morgan fingerprint density at radius 3 is 1.04 bits per heavy atom. The summed E-state index contributed by atoms with van der Waals surface area (Å²) in [7, 11) is 0. The maximum Gasteiger partial charge on any atom is 0.338 e. The molecular formula is C28H24O18. The molecule has 18 heteroatoms. The van der Waals surface area contributed by atoms with Crippen LogP contribution in [0, 0.1) is 0 Å². The highest BCUT2D eigenvalue weighted by Crippen LogP contribution is 2.40. The van der Waals surface area contributed by atoms with Crippen molar-refractivity contribution in [2.75, 3.05) is 0 Å². The number of aromatic hydroxyl groups is 9. The Morgan fingerprint density at radius 1 is 0.522 bits per heavy atom. The lowest BCUT2D eigenvalue weighted by Gasteiger charge is -2.42. The molecule has 1 fully saturated rings. The highest BCUT2D eigenvalue weighted by molar-refractivity contribution is 5.93. The predicted molar refractivity (Wildman–Crippen MR) is 144 cm³/mol. The summed E-state index contributed by atoms with van der Waals surface area (Å²) in [6.07, 6.45) is -8.07. The van der Waals surface area contributed by atoms with E-state index in [0.717, 1.165) is 0 Å². The summed E-state index contributed by atoms with van der Waals surface area (Å²) in [5.74, 6) is -15.1. The van der Waals surface area contributed by atoms with E-state index in [2.05, 4.69) is 0 Å². The van der Waals surface area contributed by atoms with Crippen molar-refractivity contribution >= 4 is 23.9 Å². The van der Waals surface area contributed by atoms with Crippen molar-refractivity contribution in [3.8, 4) is 51.7 Å². The van der Waals surface area contributed by atoms with Crippen LogP contribution in [0.15, 0.2) is 36.4 Å². The molecule has 0 unspecified atom stereocenters. The Balaban J connectivity index is 1.77. The molecule has 0 heterocycles. The molecule has 1 aliphatic rings. The number of esters is 3. The maximum absolute atomic E-state index is 13.1. The van der Waals surface area contributed by atoms with E-state index in [0.29, 0.717) is 36.4 Å². The molecule has 4 rings (SSSR count). The minimum atomic E-state index is -2.84. The Labute approximate surface area is 255 Å². The maximum atomic E-state index is 13.1. The van der Waals surface area contributed by atoms with E-state index in [1.54, 1.807) is 0 Å². The number of carbonyl (C=O) groups excluding carboxylic acids is 3. The van der Waals surface area contributed by atoms with Crippen LogP contribution in [0.5, 0.6) is 51.7 Å². The molecule has 46 heavy (non-hydrogen) atoms. The third-order valence-electron chi connectivity index (χ3n) is 6.88. The predicted octanol–water partition coefficient (Wildman–Crippen LogP) is 0.623. The molecule has 0 aliphatic heterocycles. The van der Waals surface area contributed by atoms with Gasteiger partial charge in [-0.2, -0.15) is 0 Å². The second kappa shape index (κ2) is 12.0. The fourth-order valence-electron chi connectivity index (χ4n) is 4.53. The standard InChI is InChI=1S/C28H24O18/c29-12-1-9(2-13(30)20(12)35)24(38)44-18-7-28(43,27(41)42)8-19(45-25(39)10-3-14(31)21(36)15(32)4-10)23(18)46-26(40)11-5-16(33)22(37)17(34)6-11/h1-6,18-19,23,29-37,43H,7-8H2,(H,41,42)/t18-,19-,23?,28?/m1/s1. The number of hydrogen-bond donors (Lipinski definition) is 11. The summed E-state index contributed by atoms with van der Waals surface area (Å²) in [5.41, 5.74) is -4.71. The Kier molecular flexibility index (Phi) is 8.51. The quantitative estimate of drug-likeness (QED) is 0.0950. The van der Waals surface area contributed by atoms with Crippen molar-refractivity contribution in [3.05, 3.63) is 53.1 Å². The highest BCUT2D eigenvalue weighted by Gasteiger charge is 2.55. The fraction of sp³-hybridized carbons (Fsp3) is 0.214. The van der Waals surface area contributed by atoms with Crippen molar-refractivity contribution in [3.63, 3.8) is 0 Å². The summed E-state index contributed by atoms with van der Waals surface area (Å²) in [6.45, 7) is 0. The van der Waals surface area contributed by atoms with Crippen LogP contribution in [-0.2, 0) is 19.0 Å². The lowest BCUT2D eigenvalue weighted by Crippen LogP contribution is -2.59. The van der Waals surface area contributed by atoms with Crippen molar-refractivity contribution in [2.45, 2.75) is 36.8 Å². The Morgan fingerprint density at radius 2 is 0.783 bits per heavy atom. The van der Waals surface area contributed by atoms with Gasteiger partial charge >= 0.3 is 23.9 Å². The van der Waals surface area contributed by atoms with E-state index in [1.807, 2.05) is 0 Å². The van der Waals surface area contributed by atoms with E-state index in [4.69, 9.17) is 14.2 Å². The molecule has 0 radical (unpaired) electrons. The van der Waals surface area contributed by atoms with Crippen LogP contribution in [0.3, 0.4) is 0 Å². The number of carboxylic acid groups (broad SMARTS) is 1. The van der Waals surface area contributed by atoms with Gasteiger partial charge in [-0.15, -0.1) is 0 Å². The third-order valence-corrected chi connectivity index (χ3v) is 6.88. The van der Waals surface area contributed by atoms with E-state index >= 15 is 0 Å². The van der Waals surface area contributed by atoms with Gasteiger partial charge in [0.15, 0.2) is 63.5 Å². The summed E-state index contributed by atoms with van der Waals surface area (Å²) in [5, 5.41) is 108. The van der Waals surface area contributed by atoms with E-state index in [-0.39, 0.29) is 0 Å². The zero-order chi connectivity index (χ0) is 34.2. The molecule has 1 saturated carbocycles. The van der Waals surface area contributed by atoms with Gasteiger partial charge in [-0.25, -0.2) is 19.2 Å². The van der Waals surface area contributed by atoms with Crippen LogP contribution in [0.1, 0.15) is 43.9 Å². The number of ether oxygens (including phenoxy) is 3. The zero-order valence-electron chi connectivity index (χ0n) is 22.9. The highest BCUT2D eigenvalue weighted by atomic mass is 16.6. The van der Waals surface area contributed by atoms with E-state index in [1.165, 1.54) is 0 Å². The largest absolute Gasteiger partial charge is 0.504 e. The summed E-state index contributed by atoms with van der Waals surface area (Å²) in [6, 6.07) is 3.89. The van der Waals surface area contributed by atoms with Crippen LogP contribution in [-0.4, -0.2) is 104 Å². The summed E-state index contributed by atoms with van der Waals surface area (Å²) in [4.78, 5) is 51.2. The fourth-order valence-corrected chi connectivity index (χ4v) is 4.53. The number of carboxylic acids is 1.